The number of nitrogens with zero attached hydrogens (tertiary/aromatic N) is 1. The minimum atomic E-state index is -3.78. The molecule has 2 aromatic carbocycles. The summed E-state index contributed by atoms with van der Waals surface area (Å²) >= 11 is 5.96. The lowest BCUT2D eigenvalue weighted by Crippen LogP contribution is -2.33. The molecule has 156 valence electrons. The monoisotopic (exact) mass is 439 g/mol. The van der Waals surface area contributed by atoms with Gasteiger partial charge in [-0.05, 0) is 37.3 Å². The number of halogens is 1. The first kappa shape index (κ1) is 22.7. The Bertz CT molecular complexity index is 1010. The molecule has 0 aliphatic carbocycles. The third-order valence-electron chi connectivity index (χ3n) is 3.81. The molecule has 0 spiro atoms. The molecule has 2 amide bonds. The summed E-state index contributed by atoms with van der Waals surface area (Å²) in [6, 6.07) is 10.8. The first-order valence-electron chi connectivity index (χ1n) is 8.68. The number of sulfonamides is 1. The second-order valence-corrected chi connectivity index (χ2v) is 8.62. The Hall–Kier alpha value is -2.62. The second kappa shape index (κ2) is 9.73. The number of amides is 2. The van der Waals surface area contributed by atoms with Gasteiger partial charge in [0.25, 0.3) is 5.91 Å². The average molecular weight is 440 g/mol. The van der Waals surface area contributed by atoms with Gasteiger partial charge in [0.05, 0.1) is 23.7 Å². The van der Waals surface area contributed by atoms with Crippen LogP contribution in [0.3, 0.4) is 0 Å². The van der Waals surface area contributed by atoms with Crippen LogP contribution in [-0.2, 0) is 14.8 Å². The standard InChI is InChI=1S/C19H22ClN3O5S/c1-4-28-16-10-9-13(11-17(16)29(26,27)23(2)3)22-18(24)12-21-19(25)14-7-5-6-8-15(14)20/h5-11H,4,12H2,1-3H3,(H,21,25)(H,22,24). The molecule has 0 fully saturated rings. The molecule has 0 unspecified atom stereocenters. The topological polar surface area (TPSA) is 105 Å². The van der Waals surface area contributed by atoms with Crippen LogP contribution in [0.5, 0.6) is 5.75 Å². The summed E-state index contributed by atoms with van der Waals surface area (Å²) in [5.74, 6) is -0.831. The summed E-state index contributed by atoms with van der Waals surface area (Å²) in [6.07, 6.45) is 0. The van der Waals surface area contributed by atoms with E-state index in [1.165, 1.54) is 32.3 Å². The van der Waals surface area contributed by atoms with E-state index >= 15 is 0 Å². The summed E-state index contributed by atoms with van der Waals surface area (Å²) in [6.45, 7) is 1.71. The van der Waals surface area contributed by atoms with Crippen LogP contribution in [0.15, 0.2) is 47.4 Å². The number of benzene rings is 2. The van der Waals surface area contributed by atoms with Crippen molar-refractivity contribution in [3.63, 3.8) is 0 Å². The number of ether oxygens (including phenoxy) is 1. The van der Waals surface area contributed by atoms with Crippen molar-refractivity contribution in [2.45, 2.75) is 11.8 Å². The summed E-state index contributed by atoms with van der Waals surface area (Å²) in [5, 5.41) is 5.30. The van der Waals surface area contributed by atoms with Gasteiger partial charge in [-0.25, -0.2) is 12.7 Å². The largest absolute Gasteiger partial charge is 0.492 e. The van der Waals surface area contributed by atoms with Crippen LogP contribution < -0.4 is 15.4 Å². The number of hydrogen-bond acceptors (Lipinski definition) is 5. The molecule has 8 nitrogen and oxygen atoms in total. The van der Waals surface area contributed by atoms with Crippen molar-refractivity contribution >= 4 is 39.1 Å². The first-order chi connectivity index (χ1) is 13.7. The molecule has 0 aliphatic rings. The van der Waals surface area contributed by atoms with Crippen LogP contribution in [0.4, 0.5) is 5.69 Å². The molecule has 0 aromatic heterocycles. The van der Waals surface area contributed by atoms with Crippen LogP contribution in [0.2, 0.25) is 5.02 Å². The number of rotatable bonds is 8. The molecule has 2 aromatic rings. The van der Waals surface area contributed by atoms with Gasteiger partial charge in [-0.2, -0.15) is 0 Å². The van der Waals surface area contributed by atoms with E-state index in [2.05, 4.69) is 10.6 Å². The summed E-state index contributed by atoms with van der Waals surface area (Å²) in [5.41, 5.74) is 0.508. The highest BCUT2D eigenvalue weighted by Gasteiger charge is 2.23. The van der Waals surface area contributed by atoms with Crippen LogP contribution in [-0.4, -0.2) is 51.8 Å². The Morgan fingerprint density at radius 2 is 1.83 bits per heavy atom. The predicted octanol–water partition coefficient (Wildman–Crippen LogP) is 2.36. The average Bonchev–Trinajstić information content (AvgIpc) is 2.67. The summed E-state index contributed by atoms with van der Waals surface area (Å²) in [7, 11) is -0.975. The number of anilines is 1. The van der Waals surface area contributed by atoms with E-state index in [0.29, 0.717) is 0 Å². The van der Waals surface area contributed by atoms with Gasteiger partial charge in [0.1, 0.15) is 10.6 Å². The lowest BCUT2D eigenvalue weighted by Gasteiger charge is -2.16. The van der Waals surface area contributed by atoms with E-state index in [1.54, 1.807) is 31.2 Å². The van der Waals surface area contributed by atoms with Crippen molar-refractivity contribution < 1.29 is 22.7 Å². The fourth-order valence-electron chi connectivity index (χ4n) is 2.37. The highest BCUT2D eigenvalue weighted by molar-refractivity contribution is 7.89. The molecule has 0 bridgehead atoms. The quantitative estimate of drug-likeness (QED) is 0.657. The molecule has 2 rings (SSSR count). The smallest absolute Gasteiger partial charge is 0.253 e. The van der Waals surface area contributed by atoms with Crippen LogP contribution >= 0.6 is 11.6 Å². The van der Waals surface area contributed by atoms with Gasteiger partial charge in [0.15, 0.2) is 0 Å². The maximum Gasteiger partial charge on any atom is 0.253 e. The minimum absolute atomic E-state index is 0.0674. The van der Waals surface area contributed by atoms with Crippen molar-refractivity contribution in [3.8, 4) is 5.75 Å². The molecular weight excluding hydrogens is 418 g/mol. The molecule has 0 heterocycles. The molecular formula is C19H22ClN3O5S. The fraction of sp³-hybridized carbons (Fsp3) is 0.263. The SMILES string of the molecule is CCOc1ccc(NC(=O)CNC(=O)c2ccccc2Cl)cc1S(=O)(=O)N(C)C. The van der Waals surface area contributed by atoms with E-state index in [4.69, 9.17) is 16.3 Å². The van der Waals surface area contributed by atoms with E-state index in [-0.39, 0.29) is 40.1 Å². The van der Waals surface area contributed by atoms with Crippen molar-refractivity contribution in [1.29, 1.82) is 0 Å². The molecule has 29 heavy (non-hydrogen) atoms. The Morgan fingerprint density at radius 1 is 1.14 bits per heavy atom. The lowest BCUT2D eigenvalue weighted by molar-refractivity contribution is -0.115. The molecule has 0 radical (unpaired) electrons. The van der Waals surface area contributed by atoms with Crippen molar-refractivity contribution in [1.82, 2.24) is 9.62 Å². The van der Waals surface area contributed by atoms with Gasteiger partial charge in [0, 0.05) is 19.8 Å². The summed E-state index contributed by atoms with van der Waals surface area (Å²) < 4.78 is 31.5. The Morgan fingerprint density at radius 3 is 2.45 bits per heavy atom. The van der Waals surface area contributed by atoms with Gasteiger partial charge in [-0.3, -0.25) is 9.59 Å². The van der Waals surface area contributed by atoms with E-state index in [0.717, 1.165) is 4.31 Å². The van der Waals surface area contributed by atoms with Crippen molar-refractivity contribution in [2.24, 2.45) is 0 Å². The lowest BCUT2D eigenvalue weighted by atomic mass is 10.2. The van der Waals surface area contributed by atoms with Gasteiger partial charge in [0.2, 0.25) is 15.9 Å². The zero-order valence-corrected chi connectivity index (χ0v) is 17.8. The molecule has 0 saturated carbocycles. The van der Waals surface area contributed by atoms with Gasteiger partial charge in [-0.1, -0.05) is 23.7 Å². The second-order valence-electron chi connectivity index (χ2n) is 6.09. The molecule has 0 atom stereocenters. The third kappa shape index (κ3) is 5.69. The number of hydrogen-bond donors (Lipinski definition) is 2. The van der Waals surface area contributed by atoms with Gasteiger partial charge >= 0.3 is 0 Å². The Labute approximate surface area is 174 Å². The molecule has 0 saturated heterocycles. The zero-order valence-electron chi connectivity index (χ0n) is 16.2. The third-order valence-corrected chi connectivity index (χ3v) is 5.98. The maximum atomic E-state index is 12.5. The first-order valence-corrected chi connectivity index (χ1v) is 10.5. The summed E-state index contributed by atoms with van der Waals surface area (Å²) in [4.78, 5) is 24.2. The number of carbonyl (C=O) groups excluding carboxylic acids is 2. The van der Waals surface area contributed by atoms with Crippen LogP contribution in [0, 0.1) is 0 Å². The zero-order chi connectivity index (χ0) is 21.6. The molecule has 10 heteroatoms. The minimum Gasteiger partial charge on any atom is -0.492 e. The normalized spacial score (nSPS) is 11.2. The van der Waals surface area contributed by atoms with Crippen molar-refractivity contribution in [2.75, 3.05) is 32.6 Å². The highest BCUT2D eigenvalue weighted by Crippen LogP contribution is 2.29. The van der Waals surface area contributed by atoms with E-state index in [9.17, 15) is 18.0 Å². The van der Waals surface area contributed by atoms with Crippen LogP contribution in [0.1, 0.15) is 17.3 Å². The molecule has 2 N–H and O–H groups in total. The van der Waals surface area contributed by atoms with E-state index in [1.807, 2.05) is 0 Å². The van der Waals surface area contributed by atoms with Gasteiger partial charge in [-0.15, -0.1) is 0 Å². The fourth-order valence-corrected chi connectivity index (χ4v) is 3.64. The van der Waals surface area contributed by atoms with Crippen molar-refractivity contribution in [3.05, 3.63) is 53.1 Å². The number of nitrogens with one attached hydrogen (secondary N) is 2. The predicted molar refractivity (Wildman–Crippen MR) is 111 cm³/mol. The van der Waals surface area contributed by atoms with Gasteiger partial charge < -0.3 is 15.4 Å². The van der Waals surface area contributed by atoms with Crippen LogP contribution in [0.25, 0.3) is 0 Å². The highest BCUT2D eigenvalue weighted by atomic mass is 35.5. The Balaban J connectivity index is 2.12. The molecule has 0 aliphatic heterocycles. The Kier molecular flexibility index (Phi) is 7.60. The van der Waals surface area contributed by atoms with E-state index < -0.39 is 21.8 Å². The number of carbonyl (C=O) groups is 2. The maximum absolute atomic E-state index is 12.5.